The van der Waals surface area contributed by atoms with Crippen LogP contribution in [0, 0.1) is 39.0 Å². The van der Waals surface area contributed by atoms with Gasteiger partial charge in [0.05, 0.1) is 50.6 Å². The number of nitrogens with zero attached hydrogens (tertiary/aromatic N) is 6. The summed E-state index contributed by atoms with van der Waals surface area (Å²) in [6.07, 6.45) is 0. The smallest absolute Gasteiger partial charge is 0.333 e. The van der Waals surface area contributed by atoms with Crippen LogP contribution in [-0.2, 0) is 20.1 Å². The van der Waals surface area contributed by atoms with Crippen molar-refractivity contribution in [3.8, 4) is 118 Å². The van der Waals surface area contributed by atoms with E-state index in [2.05, 4.69) is 355 Å². The van der Waals surface area contributed by atoms with Gasteiger partial charge in [-0.05, 0) is 145 Å². The monoisotopic (exact) mass is 1580 g/mol. The zero-order valence-electron chi connectivity index (χ0n) is 51.1. The first kappa shape index (κ1) is 60.6. The van der Waals surface area contributed by atoms with E-state index in [0.29, 0.717) is 0 Å². The van der Waals surface area contributed by atoms with E-state index in [1.807, 2.05) is 18.2 Å². The molecule has 0 fully saturated rings. The number of hydrogen-bond donors (Lipinski definition) is 0. The van der Waals surface area contributed by atoms with Crippen molar-refractivity contribution in [1.29, 1.82) is 0 Å². The Bertz CT molecular complexity index is 5030. The summed E-state index contributed by atoms with van der Waals surface area (Å²) in [6.45, 7) is 6.34. The van der Waals surface area contributed by atoms with Crippen LogP contribution in [0.1, 0.15) is 16.7 Å². The van der Waals surface area contributed by atoms with Gasteiger partial charge in [0.25, 0.3) is 0 Å². The number of benzene rings is 13. The van der Waals surface area contributed by atoms with E-state index in [1.165, 1.54) is 16.7 Å². The van der Waals surface area contributed by atoms with Crippen molar-refractivity contribution < 1.29 is 20.1 Å². The van der Waals surface area contributed by atoms with E-state index < -0.39 is 0 Å². The second-order valence-electron chi connectivity index (χ2n) is 23.5. The zero-order valence-corrected chi connectivity index (χ0v) is 58.3. The molecule has 13 aromatic carbocycles. The largest absolute Gasteiger partial charge is 3.00 e. The second kappa shape index (κ2) is 25.3. The average Bonchev–Trinajstić information content (AvgIpc) is 1.51. The number of halogens is 3. The minimum Gasteiger partial charge on any atom is -0.333 e. The Morgan fingerprint density at radius 3 is 0.787 bits per heavy atom. The molecule has 16 rings (SSSR count). The van der Waals surface area contributed by atoms with E-state index >= 15 is 0 Å². The second-order valence-corrected chi connectivity index (χ2v) is 26.1. The van der Waals surface area contributed by atoms with Crippen molar-refractivity contribution in [2.24, 2.45) is 0 Å². The molecule has 0 saturated heterocycles. The number of aromatic nitrogens is 6. The van der Waals surface area contributed by atoms with Gasteiger partial charge in [-0.25, -0.2) is 0 Å². The van der Waals surface area contributed by atoms with Crippen LogP contribution >= 0.6 is 47.8 Å². The number of imidazole rings is 3. The molecule has 0 aliphatic carbocycles. The predicted octanol–water partition coefficient (Wildman–Crippen LogP) is 23.3. The summed E-state index contributed by atoms with van der Waals surface area (Å²) < 4.78 is 9.47. The molecule has 0 aliphatic heterocycles. The predicted molar refractivity (Wildman–Crippen MR) is 393 cm³/mol. The fourth-order valence-electron chi connectivity index (χ4n) is 12.9. The summed E-state index contributed by atoms with van der Waals surface area (Å²) in [7, 11) is 0. The van der Waals surface area contributed by atoms with E-state index in [1.54, 1.807) is 0 Å². The Labute approximate surface area is 584 Å². The van der Waals surface area contributed by atoms with Crippen molar-refractivity contribution in [1.82, 2.24) is 28.7 Å². The summed E-state index contributed by atoms with van der Waals surface area (Å²) in [6, 6.07) is 108. The number of rotatable bonds is 12. The molecule has 0 atom stereocenters. The van der Waals surface area contributed by atoms with Gasteiger partial charge in [-0.15, -0.1) is 71.3 Å². The summed E-state index contributed by atoms with van der Waals surface area (Å²) in [5.74, 6) is 2.45. The van der Waals surface area contributed by atoms with Crippen molar-refractivity contribution in [3.63, 3.8) is 0 Å². The zero-order chi connectivity index (χ0) is 62.8. The average molecular weight is 1580 g/mol. The molecule has 3 aromatic heterocycles. The van der Waals surface area contributed by atoms with Gasteiger partial charge >= 0.3 is 20.1 Å². The van der Waals surface area contributed by atoms with Crippen LogP contribution in [0.3, 0.4) is 0 Å². The number of hydrogen-bond acceptors (Lipinski definition) is 3. The third-order valence-corrected chi connectivity index (χ3v) is 19.5. The third-order valence-electron chi connectivity index (χ3n) is 17.5. The number of fused-ring (bicyclic) bond motifs is 3. The quantitative estimate of drug-likeness (QED) is 0.115. The van der Waals surface area contributed by atoms with E-state index in [4.69, 9.17) is 15.0 Å². The van der Waals surface area contributed by atoms with Gasteiger partial charge in [0.15, 0.2) is 0 Å². The molecule has 0 saturated carbocycles. The van der Waals surface area contributed by atoms with Crippen molar-refractivity contribution in [2.45, 2.75) is 20.8 Å². The van der Waals surface area contributed by atoms with Crippen LogP contribution in [0.25, 0.3) is 151 Å². The Hall–Kier alpha value is -9.64. The summed E-state index contributed by atoms with van der Waals surface area (Å²) in [4.78, 5) is 15.6. The van der Waals surface area contributed by atoms with Crippen LogP contribution in [0.2, 0.25) is 0 Å². The molecule has 0 unspecified atom stereocenters. The normalized spacial score (nSPS) is 11.4. The Morgan fingerprint density at radius 2 is 0.521 bits per heavy atom. The van der Waals surface area contributed by atoms with Crippen LogP contribution in [0.5, 0.6) is 0 Å². The maximum absolute atomic E-state index is 5.22. The summed E-state index contributed by atoms with van der Waals surface area (Å²) in [5, 5.41) is 0. The summed E-state index contributed by atoms with van der Waals surface area (Å²) in [5.41, 5.74) is 27.7. The maximum atomic E-state index is 5.22. The van der Waals surface area contributed by atoms with Gasteiger partial charge < -0.3 is 13.7 Å². The third kappa shape index (κ3) is 11.1. The van der Waals surface area contributed by atoms with Crippen molar-refractivity contribution in [2.75, 3.05) is 0 Å². The minimum absolute atomic E-state index is 0. The van der Waals surface area contributed by atoms with Crippen molar-refractivity contribution in [3.05, 3.63) is 321 Å². The van der Waals surface area contributed by atoms with E-state index in [0.717, 1.165) is 165 Å². The SMILES string of the molecule is Cc1ccc(-n2c(-c3[c-]cc(-c4ccccc4-c4cc(-c5ccccc5-c5c[c-]c(-c6nc7ccccc7n6-c6ccc(C)cc6)cc5Br)cc(-c5ccccc5-c5c[c-]c(-c6nc7ccccc7n6-c6ccc(C)cc6)cc5Br)c4)c(Br)c3)nc3ccccc32)cc1.[Ir+3]. The van der Waals surface area contributed by atoms with Gasteiger partial charge in [-0.1, -0.05) is 257 Å². The molecule has 450 valence electrons. The van der Waals surface area contributed by atoms with Crippen LogP contribution in [-0.4, -0.2) is 28.7 Å². The first-order valence-electron chi connectivity index (χ1n) is 30.8. The van der Waals surface area contributed by atoms with Gasteiger partial charge in [0, 0.05) is 17.1 Å². The first-order chi connectivity index (χ1) is 45.6. The molecule has 94 heavy (non-hydrogen) atoms. The van der Waals surface area contributed by atoms with Crippen LogP contribution in [0.15, 0.2) is 286 Å². The number of para-hydroxylation sites is 6. The molecule has 0 amide bonds. The molecular formula is C84H54Br3IrN6. The standard InChI is InChI=1S/C84H54Br3N6.Ir/c1-52-28-37-61(38-29-52)91-79-25-13-10-22-76(79)88-82(91)55-34-43-70(73(85)49-55)67-19-7-4-16-64(67)58-46-59(65-17-5-8-20-68(65)71-44-35-56(50-74(71)86)83-89-77-23-11-14-26-80(77)92(83)62-39-30-53(2)31-40-62)48-60(47-58)66-18-6-9-21-69(66)72-45-36-57(51-75(72)87)84-90-78-24-12-15-27-81(78)93(84)63-41-32-54(3)33-42-63;/h4-33,37-51H,1-3H3;/q-3;+3. The maximum Gasteiger partial charge on any atom is 3.00 e. The molecule has 3 heterocycles. The van der Waals surface area contributed by atoms with Gasteiger partial charge in [-0.2, -0.15) is 0 Å². The van der Waals surface area contributed by atoms with E-state index in [-0.39, 0.29) is 20.1 Å². The van der Waals surface area contributed by atoms with Gasteiger partial charge in [0.1, 0.15) is 0 Å². The van der Waals surface area contributed by atoms with E-state index in [9.17, 15) is 0 Å². The topological polar surface area (TPSA) is 53.5 Å². The Kier molecular flexibility index (Phi) is 16.3. The van der Waals surface area contributed by atoms with Gasteiger partial charge in [0.2, 0.25) is 0 Å². The fourth-order valence-corrected chi connectivity index (χ4v) is 14.6. The molecule has 0 bridgehead atoms. The fraction of sp³-hybridized carbons (Fsp3) is 0.0357. The minimum atomic E-state index is 0. The molecule has 0 aliphatic rings. The molecule has 16 aromatic rings. The molecule has 0 N–H and O–H groups in total. The Balaban J connectivity index is 0.00000729. The van der Waals surface area contributed by atoms with Crippen LogP contribution < -0.4 is 0 Å². The molecule has 0 spiro atoms. The summed E-state index contributed by atoms with van der Waals surface area (Å²) >= 11 is 12.4. The number of aryl methyl sites for hydroxylation is 3. The van der Waals surface area contributed by atoms with Crippen LogP contribution in [0.4, 0.5) is 0 Å². The first-order valence-corrected chi connectivity index (χ1v) is 33.2. The molecule has 0 radical (unpaired) electrons. The molecule has 10 heteroatoms. The Morgan fingerprint density at radius 1 is 0.277 bits per heavy atom. The van der Waals surface area contributed by atoms with Crippen molar-refractivity contribution >= 4 is 80.9 Å². The molecule has 6 nitrogen and oxygen atoms in total. The molecular weight excluding hydrogens is 1520 g/mol. The van der Waals surface area contributed by atoms with Gasteiger partial charge in [-0.3, -0.25) is 15.0 Å².